The Balaban J connectivity index is 1.69. The van der Waals surface area contributed by atoms with Crippen molar-refractivity contribution in [2.45, 2.75) is 12.6 Å². The Labute approximate surface area is 119 Å². The summed E-state index contributed by atoms with van der Waals surface area (Å²) in [6.45, 7) is 0.963. The van der Waals surface area contributed by atoms with Crippen LogP contribution in [0.1, 0.15) is 17.3 Å². The van der Waals surface area contributed by atoms with Gasteiger partial charge in [0.25, 0.3) is 0 Å². The molecule has 1 aliphatic rings. The Kier molecular flexibility index (Phi) is 3.40. The van der Waals surface area contributed by atoms with Crippen LogP contribution in [0.5, 0.6) is 11.5 Å². The van der Waals surface area contributed by atoms with Gasteiger partial charge >= 0.3 is 0 Å². The van der Waals surface area contributed by atoms with Crippen LogP contribution in [0.25, 0.3) is 0 Å². The number of ether oxygens (including phenoxy) is 2. The lowest BCUT2D eigenvalue weighted by Crippen LogP contribution is -2.10. The number of hydrogen-bond acceptors (Lipinski definition) is 4. The summed E-state index contributed by atoms with van der Waals surface area (Å²) in [6, 6.07) is 9.57. The van der Waals surface area contributed by atoms with Crippen molar-refractivity contribution < 1.29 is 9.47 Å². The van der Waals surface area contributed by atoms with Crippen molar-refractivity contribution in [3.8, 4) is 11.5 Å². The van der Waals surface area contributed by atoms with E-state index in [0.717, 1.165) is 27.2 Å². The topological polar surface area (TPSA) is 57.4 Å². The molecule has 1 unspecified atom stereocenters. The van der Waals surface area contributed by atoms with Gasteiger partial charge in [-0.05, 0) is 40.2 Å². The summed E-state index contributed by atoms with van der Waals surface area (Å²) in [7, 11) is 0. The van der Waals surface area contributed by atoms with Crippen LogP contribution in [0.3, 0.4) is 0 Å². The summed E-state index contributed by atoms with van der Waals surface area (Å²) in [4.78, 5) is 4.25. The van der Waals surface area contributed by atoms with Crippen LogP contribution in [-0.2, 0) is 6.61 Å². The Bertz CT molecular complexity index is 586. The zero-order valence-corrected chi connectivity index (χ0v) is 11.8. The van der Waals surface area contributed by atoms with Gasteiger partial charge in [0, 0.05) is 22.3 Å². The largest absolute Gasteiger partial charge is 0.491 e. The molecular weight excluding hydrogens is 308 g/mol. The molecule has 3 rings (SSSR count). The lowest BCUT2D eigenvalue weighted by Gasteiger charge is -2.07. The molecule has 0 bridgehead atoms. The van der Waals surface area contributed by atoms with Crippen LogP contribution in [0.4, 0.5) is 0 Å². The summed E-state index contributed by atoms with van der Waals surface area (Å²) >= 11 is 3.35. The number of aromatic nitrogens is 1. The van der Waals surface area contributed by atoms with Crippen molar-refractivity contribution in [2.24, 2.45) is 5.73 Å². The second-order valence-corrected chi connectivity index (χ2v) is 5.29. The predicted molar refractivity (Wildman–Crippen MR) is 75.1 cm³/mol. The fourth-order valence-corrected chi connectivity index (χ4v) is 2.19. The van der Waals surface area contributed by atoms with Crippen molar-refractivity contribution >= 4 is 15.9 Å². The molecule has 4 nitrogen and oxygen atoms in total. The number of rotatable bonds is 3. The number of nitrogens with zero attached hydrogens (tertiary/aromatic N) is 1. The minimum atomic E-state index is -0.0304. The number of benzene rings is 1. The average molecular weight is 321 g/mol. The van der Waals surface area contributed by atoms with Gasteiger partial charge in [0.2, 0.25) is 0 Å². The molecule has 2 heterocycles. The van der Waals surface area contributed by atoms with Crippen LogP contribution in [0.2, 0.25) is 0 Å². The molecule has 0 saturated heterocycles. The molecule has 1 aliphatic heterocycles. The third-order valence-corrected chi connectivity index (χ3v) is 3.45. The van der Waals surface area contributed by atoms with Crippen LogP contribution in [-0.4, -0.2) is 11.6 Å². The molecule has 0 fully saturated rings. The zero-order chi connectivity index (χ0) is 13.2. The minimum Gasteiger partial charge on any atom is -0.491 e. The third kappa shape index (κ3) is 2.72. The molecular formula is C14H13BrN2O2. The van der Waals surface area contributed by atoms with Crippen LogP contribution in [0.15, 0.2) is 41.0 Å². The van der Waals surface area contributed by atoms with Gasteiger partial charge in [-0.3, -0.25) is 4.98 Å². The minimum absolute atomic E-state index is 0.0304. The van der Waals surface area contributed by atoms with Crippen LogP contribution < -0.4 is 15.2 Å². The van der Waals surface area contributed by atoms with E-state index in [0.29, 0.717) is 13.2 Å². The van der Waals surface area contributed by atoms with Gasteiger partial charge in [-0.15, -0.1) is 0 Å². The molecule has 0 spiro atoms. The molecule has 0 radical (unpaired) electrons. The molecule has 0 amide bonds. The lowest BCUT2D eigenvalue weighted by atomic mass is 10.1. The smallest absolute Gasteiger partial charge is 0.130 e. The third-order valence-electron chi connectivity index (χ3n) is 2.98. The molecule has 0 saturated carbocycles. The first kappa shape index (κ1) is 12.4. The van der Waals surface area contributed by atoms with Gasteiger partial charge in [0.05, 0.1) is 11.7 Å². The van der Waals surface area contributed by atoms with E-state index in [1.165, 1.54) is 0 Å². The van der Waals surface area contributed by atoms with Gasteiger partial charge in [0.15, 0.2) is 0 Å². The molecule has 19 heavy (non-hydrogen) atoms. The SMILES string of the molecule is NC1COc2cc(OCc3ccc(Br)cn3)ccc21. The fourth-order valence-electron chi connectivity index (χ4n) is 1.95. The van der Waals surface area contributed by atoms with E-state index in [1.54, 1.807) is 6.20 Å². The van der Waals surface area contributed by atoms with E-state index < -0.39 is 0 Å². The average Bonchev–Trinajstić information content (AvgIpc) is 2.79. The van der Waals surface area contributed by atoms with Gasteiger partial charge in [-0.1, -0.05) is 0 Å². The number of halogens is 1. The number of nitrogens with two attached hydrogens (primary N) is 1. The van der Waals surface area contributed by atoms with Crippen molar-refractivity contribution in [1.29, 1.82) is 0 Å². The van der Waals surface area contributed by atoms with Gasteiger partial charge < -0.3 is 15.2 Å². The van der Waals surface area contributed by atoms with E-state index in [-0.39, 0.29) is 6.04 Å². The van der Waals surface area contributed by atoms with Gasteiger partial charge in [0.1, 0.15) is 24.7 Å². The summed E-state index contributed by atoms with van der Waals surface area (Å²) in [5, 5.41) is 0. The van der Waals surface area contributed by atoms with Crippen molar-refractivity contribution in [3.63, 3.8) is 0 Å². The molecule has 1 atom stereocenters. The second kappa shape index (κ2) is 5.19. The Morgan fingerprint density at radius 3 is 3.05 bits per heavy atom. The normalized spacial score (nSPS) is 16.8. The zero-order valence-electron chi connectivity index (χ0n) is 10.2. The van der Waals surface area contributed by atoms with E-state index in [2.05, 4.69) is 20.9 Å². The molecule has 5 heteroatoms. The molecule has 98 valence electrons. The second-order valence-electron chi connectivity index (χ2n) is 4.37. The summed E-state index contributed by atoms with van der Waals surface area (Å²) in [5.74, 6) is 1.58. The number of hydrogen-bond donors (Lipinski definition) is 1. The summed E-state index contributed by atoms with van der Waals surface area (Å²) in [6.07, 6.45) is 1.75. The predicted octanol–water partition coefficient (Wildman–Crippen LogP) is 2.82. The number of fused-ring (bicyclic) bond motifs is 1. The summed E-state index contributed by atoms with van der Waals surface area (Å²) in [5.41, 5.74) is 7.81. The lowest BCUT2D eigenvalue weighted by molar-refractivity contribution is 0.296. The maximum absolute atomic E-state index is 5.90. The molecule has 2 aromatic rings. The standard InChI is InChI=1S/C14H13BrN2O2/c15-9-1-2-10(17-6-9)7-18-11-3-4-12-13(16)8-19-14(12)5-11/h1-6,13H,7-8,16H2. The highest BCUT2D eigenvalue weighted by Crippen LogP contribution is 2.34. The van der Waals surface area contributed by atoms with Crippen LogP contribution in [0, 0.1) is 0 Å². The van der Waals surface area contributed by atoms with E-state index in [1.807, 2.05) is 30.3 Å². The summed E-state index contributed by atoms with van der Waals surface area (Å²) < 4.78 is 12.1. The maximum atomic E-state index is 5.90. The molecule has 1 aromatic carbocycles. The Morgan fingerprint density at radius 1 is 1.37 bits per heavy atom. The van der Waals surface area contributed by atoms with E-state index in [4.69, 9.17) is 15.2 Å². The van der Waals surface area contributed by atoms with Crippen molar-refractivity contribution in [3.05, 3.63) is 52.3 Å². The highest BCUT2D eigenvalue weighted by atomic mass is 79.9. The molecule has 1 aromatic heterocycles. The fraction of sp³-hybridized carbons (Fsp3) is 0.214. The Hall–Kier alpha value is -1.59. The van der Waals surface area contributed by atoms with E-state index in [9.17, 15) is 0 Å². The Morgan fingerprint density at radius 2 is 2.26 bits per heavy atom. The quantitative estimate of drug-likeness (QED) is 0.944. The van der Waals surface area contributed by atoms with E-state index >= 15 is 0 Å². The molecule has 0 aliphatic carbocycles. The van der Waals surface area contributed by atoms with Crippen molar-refractivity contribution in [1.82, 2.24) is 4.98 Å². The maximum Gasteiger partial charge on any atom is 0.130 e. The van der Waals surface area contributed by atoms with Gasteiger partial charge in [-0.2, -0.15) is 0 Å². The first-order valence-corrected chi connectivity index (χ1v) is 6.77. The first-order chi connectivity index (χ1) is 9.22. The van der Waals surface area contributed by atoms with Crippen molar-refractivity contribution in [2.75, 3.05) is 6.61 Å². The highest BCUT2D eigenvalue weighted by molar-refractivity contribution is 9.10. The van der Waals surface area contributed by atoms with Crippen LogP contribution >= 0.6 is 15.9 Å². The monoisotopic (exact) mass is 320 g/mol. The number of pyridine rings is 1. The van der Waals surface area contributed by atoms with Gasteiger partial charge in [-0.25, -0.2) is 0 Å². The molecule has 2 N–H and O–H groups in total. The highest BCUT2D eigenvalue weighted by Gasteiger charge is 2.20. The first-order valence-electron chi connectivity index (χ1n) is 5.98.